The van der Waals surface area contributed by atoms with Gasteiger partial charge in [-0.15, -0.1) is 0 Å². The Hall–Kier alpha value is -0.920. The van der Waals surface area contributed by atoms with Crippen LogP contribution in [0.1, 0.15) is 12.8 Å². The molecule has 1 heterocycles. The number of nitrogens with zero attached hydrogens (tertiary/aromatic N) is 1. The van der Waals surface area contributed by atoms with Crippen LogP contribution in [0.5, 0.6) is 0 Å². The molecule has 106 valence electrons. The van der Waals surface area contributed by atoms with Crippen LogP contribution in [0.15, 0.2) is 0 Å². The maximum absolute atomic E-state index is 12.8. The van der Waals surface area contributed by atoms with E-state index in [2.05, 4.69) is 0 Å². The van der Waals surface area contributed by atoms with Crippen molar-refractivity contribution in [2.75, 3.05) is 26.8 Å². The lowest BCUT2D eigenvalue weighted by molar-refractivity contribution is -0.274. The average molecular weight is 275 g/mol. The largest absolute Gasteiger partial charge is 0.463 e. The lowest BCUT2D eigenvalue weighted by Crippen LogP contribution is -2.52. The third kappa shape index (κ3) is 3.30. The zero-order valence-electron chi connectivity index (χ0n) is 9.77. The molecule has 18 heavy (non-hydrogen) atoms. The van der Waals surface area contributed by atoms with Gasteiger partial charge in [-0.25, -0.2) is 0 Å². The van der Waals surface area contributed by atoms with Crippen molar-refractivity contribution in [3.8, 4) is 0 Å². The number of ether oxygens (including phenoxy) is 1. The first-order chi connectivity index (χ1) is 8.16. The summed E-state index contributed by atoms with van der Waals surface area (Å²) in [5.41, 5.74) is 0. The van der Waals surface area contributed by atoms with Gasteiger partial charge in [0.1, 0.15) is 0 Å². The fourth-order valence-corrected chi connectivity index (χ4v) is 1.76. The minimum absolute atomic E-state index is 0.100. The quantitative estimate of drug-likeness (QED) is 0.738. The van der Waals surface area contributed by atoms with Crippen molar-refractivity contribution < 1.29 is 31.5 Å². The predicted octanol–water partition coefficient (Wildman–Crippen LogP) is 2.07. The fraction of sp³-hybridized carbons (Fsp3) is 0.900. The number of rotatable bonds is 3. The van der Waals surface area contributed by atoms with E-state index < -0.39 is 18.0 Å². The molecule has 8 heteroatoms. The molecule has 0 spiro atoms. The van der Waals surface area contributed by atoms with Crippen LogP contribution in [0.4, 0.5) is 22.0 Å². The number of hydrogen-bond donors (Lipinski definition) is 0. The molecule has 0 atom stereocenters. The number of alkyl halides is 5. The molecule has 0 unspecified atom stereocenters. The molecule has 1 rings (SSSR count). The number of halogens is 5. The molecular weight excluding hydrogens is 261 g/mol. The van der Waals surface area contributed by atoms with Gasteiger partial charge >= 0.3 is 18.0 Å². The SMILES string of the molecule is CN(CC1CCOCC1)C(=O)C(F)(F)C(F)(F)F. The van der Waals surface area contributed by atoms with Crippen LogP contribution in [-0.2, 0) is 9.53 Å². The van der Waals surface area contributed by atoms with Gasteiger partial charge in [0.05, 0.1) is 0 Å². The maximum Gasteiger partial charge on any atom is 0.463 e. The molecule has 1 fully saturated rings. The first-order valence-corrected chi connectivity index (χ1v) is 5.44. The second kappa shape index (κ2) is 5.38. The molecule has 0 bridgehead atoms. The number of carbonyl (C=O) groups excluding carboxylic acids is 1. The number of carbonyl (C=O) groups is 1. The highest BCUT2D eigenvalue weighted by Crippen LogP contribution is 2.36. The predicted molar refractivity (Wildman–Crippen MR) is 52.2 cm³/mol. The van der Waals surface area contributed by atoms with E-state index in [0.29, 0.717) is 31.0 Å². The van der Waals surface area contributed by atoms with E-state index in [4.69, 9.17) is 4.74 Å². The Morgan fingerprint density at radius 2 is 1.72 bits per heavy atom. The van der Waals surface area contributed by atoms with Crippen LogP contribution < -0.4 is 0 Å². The van der Waals surface area contributed by atoms with Gasteiger partial charge in [-0.1, -0.05) is 0 Å². The van der Waals surface area contributed by atoms with Crippen LogP contribution in [0.25, 0.3) is 0 Å². The van der Waals surface area contributed by atoms with E-state index in [1.807, 2.05) is 0 Å². The van der Waals surface area contributed by atoms with Gasteiger partial charge in [-0.05, 0) is 18.8 Å². The van der Waals surface area contributed by atoms with Crippen molar-refractivity contribution in [3.63, 3.8) is 0 Å². The zero-order valence-corrected chi connectivity index (χ0v) is 9.77. The minimum atomic E-state index is -5.85. The molecule has 1 amide bonds. The van der Waals surface area contributed by atoms with E-state index in [0.717, 1.165) is 7.05 Å². The Balaban J connectivity index is 2.60. The van der Waals surface area contributed by atoms with Gasteiger partial charge in [0, 0.05) is 26.8 Å². The Bertz CT molecular complexity index is 299. The highest BCUT2D eigenvalue weighted by Gasteiger charge is 2.64. The van der Waals surface area contributed by atoms with Crippen molar-refractivity contribution in [3.05, 3.63) is 0 Å². The van der Waals surface area contributed by atoms with Crippen molar-refractivity contribution in [2.24, 2.45) is 5.92 Å². The first-order valence-electron chi connectivity index (χ1n) is 5.44. The highest BCUT2D eigenvalue weighted by molar-refractivity contribution is 5.84. The average Bonchev–Trinajstić information content (AvgIpc) is 2.27. The van der Waals surface area contributed by atoms with Crippen molar-refractivity contribution in [1.82, 2.24) is 4.90 Å². The van der Waals surface area contributed by atoms with Crippen LogP contribution in [0.2, 0.25) is 0 Å². The molecule has 1 saturated heterocycles. The van der Waals surface area contributed by atoms with E-state index in [1.165, 1.54) is 0 Å². The Morgan fingerprint density at radius 3 is 2.17 bits per heavy atom. The van der Waals surface area contributed by atoms with Gasteiger partial charge in [0.25, 0.3) is 0 Å². The summed E-state index contributed by atoms with van der Waals surface area (Å²) in [7, 11) is 0.956. The summed E-state index contributed by atoms with van der Waals surface area (Å²) < 4.78 is 66.6. The smallest absolute Gasteiger partial charge is 0.381 e. The summed E-state index contributed by atoms with van der Waals surface area (Å²) in [6.45, 7) is 0.749. The van der Waals surface area contributed by atoms with Crippen LogP contribution in [0, 0.1) is 5.92 Å². The fourth-order valence-electron chi connectivity index (χ4n) is 1.76. The van der Waals surface area contributed by atoms with Gasteiger partial charge in [0.2, 0.25) is 0 Å². The molecular formula is C10H14F5NO2. The standard InChI is InChI=1S/C10H14F5NO2/c1-16(6-7-2-4-18-5-3-7)8(17)9(11,12)10(13,14)15/h7H,2-6H2,1H3. The first kappa shape index (κ1) is 15.1. The van der Waals surface area contributed by atoms with E-state index in [-0.39, 0.29) is 12.5 Å². The van der Waals surface area contributed by atoms with Gasteiger partial charge in [-0.3, -0.25) is 4.79 Å². The molecule has 0 aromatic heterocycles. The highest BCUT2D eigenvalue weighted by atomic mass is 19.4. The van der Waals surface area contributed by atoms with Crippen molar-refractivity contribution in [1.29, 1.82) is 0 Å². The molecule has 1 aliphatic rings. The van der Waals surface area contributed by atoms with E-state index >= 15 is 0 Å². The summed E-state index contributed by atoms with van der Waals surface area (Å²) in [6.07, 6.45) is -4.75. The van der Waals surface area contributed by atoms with Crippen LogP contribution in [-0.4, -0.2) is 49.7 Å². The van der Waals surface area contributed by atoms with Gasteiger partial charge < -0.3 is 9.64 Å². The third-order valence-electron chi connectivity index (χ3n) is 2.84. The molecule has 1 aliphatic heterocycles. The second-order valence-corrected chi connectivity index (χ2v) is 4.31. The normalized spacial score (nSPS) is 18.8. The van der Waals surface area contributed by atoms with Gasteiger partial charge in [0.15, 0.2) is 0 Å². The Kier molecular flexibility index (Phi) is 4.52. The maximum atomic E-state index is 12.8. The van der Waals surface area contributed by atoms with Crippen LogP contribution in [0.3, 0.4) is 0 Å². The molecule has 0 aromatic carbocycles. The van der Waals surface area contributed by atoms with Gasteiger partial charge in [-0.2, -0.15) is 22.0 Å². The Morgan fingerprint density at radius 1 is 1.22 bits per heavy atom. The molecule has 0 aliphatic carbocycles. The lowest BCUT2D eigenvalue weighted by Gasteiger charge is -2.29. The molecule has 0 aromatic rings. The van der Waals surface area contributed by atoms with Crippen LogP contribution >= 0.6 is 0 Å². The number of hydrogen-bond acceptors (Lipinski definition) is 2. The number of amides is 1. The summed E-state index contributed by atoms with van der Waals surface area (Å²) in [5, 5.41) is 0. The van der Waals surface area contributed by atoms with Crippen molar-refractivity contribution in [2.45, 2.75) is 24.9 Å². The van der Waals surface area contributed by atoms with E-state index in [9.17, 15) is 26.7 Å². The second-order valence-electron chi connectivity index (χ2n) is 4.31. The van der Waals surface area contributed by atoms with E-state index in [1.54, 1.807) is 0 Å². The molecule has 3 nitrogen and oxygen atoms in total. The minimum Gasteiger partial charge on any atom is -0.381 e. The summed E-state index contributed by atoms with van der Waals surface area (Å²) in [5.74, 6) is -7.63. The molecule has 0 saturated carbocycles. The zero-order chi connectivity index (χ0) is 14.0. The molecule has 0 radical (unpaired) electrons. The molecule has 0 N–H and O–H groups in total. The van der Waals surface area contributed by atoms with Crippen molar-refractivity contribution >= 4 is 5.91 Å². The summed E-state index contributed by atoms with van der Waals surface area (Å²) >= 11 is 0. The topological polar surface area (TPSA) is 29.5 Å². The Labute approximate surface area is 101 Å². The summed E-state index contributed by atoms with van der Waals surface area (Å²) in [4.78, 5) is 11.6. The third-order valence-corrected chi connectivity index (χ3v) is 2.84. The lowest BCUT2D eigenvalue weighted by atomic mass is 9.99. The monoisotopic (exact) mass is 275 g/mol. The summed E-state index contributed by atoms with van der Waals surface area (Å²) in [6, 6.07) is 0.